The highest BCUT2D eigenvalue weighted by Gasteiger charge is 2.06. The highest BCUT2D eigenvalue weighted by molar-refractivity contribution is 14.0. The summed E-state index contributed by atoms with van der Waals surface area (Å²) in [4.78, 5) is 12.7. The smallest absolute Gasteiger partial charge is 0.191 e. The molecule has 168 valence electrons. The van der Waals surface area contributed by atoms with Crippen molar-refractivity contribution >= 4 is 41.0 Å². The van der Waals surface area contributed by atoms with Crippen molar-refractivity contribution in [3.8, 4) is 5.75 Å². The molecule has 3 aromatic rings. The van der Waals surface area contributed by atoms with Gasteiger partial charge in [-0.15, -0.1) is 24.0 Å². The van der Waals surface area contributed by atoms with Crippen LogP contribution in [0.1, 0.15) is 23.9 Å². The number of para-hydroxylation sites is 2. The van der Waals surface area contributed by atoms with Gasteiger partial charge in [0.25, 0.3) is 0 Å². The first-order valence-corrected chi connectivity index (χ1v) is 10.4. The number of nitrogens with zero attached hydrogens (tertiary/aromatic N) is 2. The molecule has 2 aromatic carbocycles. The normalized spacial score (nSPS) is 11.3. The van der Waals surface area contributed by atoms with E-state index in [4.69, 9.17) is 14.5 Å². The lowest BCUT2D eigenvalue weighted by Crippen LogP contribution is -2.38. The summed E-state index contributed by atoms with van der Waals surface area (Å²) in [6, 6.07) is 14.3. The second kappa shape index (κ2) is 13.2. The largest absolute Gasteiger partial charge is 0.491 e. The summed E-state index contributed by atoms with van der Waals surface area (Å²) in [7, 11) is 1.67. The minimum atomic E-state index is 0. The Bertz CT molecular complexity index is 941. The molecule has 0 fully saturated rings. The van der Waals surface area contributed by atoms with Gasteiger partial charge in [0.2, 0.25) is 0 Å². The van der Waals surface area contributed by atoms with E-state index >= 15 is 0 Å². The van der Waals surface area contributed by atoms with Crippen LogP contribution in [0.3, 0.4) is 0 Å². The van der Waals surface area contributed by atoms with Crippen molar-refractivity contribution in [2.45, 2.75) is 26.8 Å². The van der Waals surface area contributed by atoms with Gasteiger partial charge in [0.15, 0.2) is 5.96 Å². The monoisotopic (exact) mass is 537 g/mol. The number of nitrogens with one attached hydrogen (secondary N) is 3. The molecule has 0 amide bonds. The predicted octanol–water partition coefficient (Wildman–Crippen LogP) is 3.81. The Balaban J connectivity index is 0.00000341. The molecule has 1 heterocycles. The first kappa shape index (κ1) is 24.9. The van der Waals surface area contributed by atoms with Crippen molar-refractivity contribution in [1.29, 1.82) is 0 Å². The highest BCUT2D eigenvalue weighted by Crippen LogP contribution is 2.21. The Hall–Kier alpha value is -2.33. The van der Waals surface area contributed by atoms with E-state index in [1.807, 2.05) is 30.3 Å². The van der Waals surface area contributed by atoms with E-state index in [0.717, 1.165) is 59.2 Å². The summed E-state index contributed by atoms with van der Waals surface area (Å²) < 4.78 is 11.0. The molecule has 0 unspecified atom stereocenters. The number of aryl methyl sites for hydroxylation is 1. The molecule has 0 radical (unpaired) electrons. The number of ether oxygens (including phenoxy) is 2. The van der Waals surface area contributed by atoms with Gasteiger partial charge in [-0.1, -0.05) is 24.3 Å². The number of aliphatic imine (C=N–C) groups is 1. The zero-order valence-corrected chi connectivity index (χ0v) is 20.7. The number of aromatic amines is 1. The summed E-state index contributed by atoms with van der Waals surface area (Å²) in [5.74, 6) is 2.60. The van der Waals surface area contributed by atoms with Crippen molar-refractivity contribution in [2.24, 2.45) is 4.99 Å². The van der Waals surface area contributed by atoms with E-state index in [1.165, 1.54) is 0 Å². The fraction of sp³-hybridized carbons (Fsp3) is 0.391. The molecule has 0 saturated carbocycles. The topological polar surface area (TPSA) is 83.6 Å². The average molecular weight is 537 g/mol. The lowest BCUT2D eigenvalue weighted by molar-refractivity contribution is 0.145. The molecule has 31 heavy (non-hydrogen) atoms. The fourth-order valence-corrected chi connectivity index (χ4v) is 3.09. The Morgan fingerprint density at radius 2 is 1.97 bits per heavy atom. The van der Waals surface area contributed by atoms with E-state index < -0.39 is 0 Å². The number of benzene rings is 2. The lowest BCUT2D eigenvalue weighted by atomic mass is 10.1. The Morgan fingerprint density at radius 3 is 2.74 bits per heavy atom. The van der Waals surface area contributed by atoms with Gasteiger partial charge in [-0.3, -0.25) is 0 Å². The van der Waals surface area contributed by atoms with Crippen LogP contribution in [0.15, 0.2) is 47.5 Å². The minimum absolute atomic E-state index is 0. The zero-order valence-electron chi connectivity index (χ0n) is 18.4. The van der Waals surface area contributed by atoms with Crippen molar-refractivity contribution in [1.82, 2.24) is 20.6 Å². The van der Waals surface area contributed by atoms with E-state index in [-0.39, 0.29) is 24.0 Å². The van der Waals surface area contributed by atoms with Crippen molar-refractivity contribution in [3.63, 3.8) is 0 Å². The third kappa shape index (κ3) is 7.70. The average Bonchev–Trinajstić information content (AvgIpc) is 3.16. The molecule has 1 aromatic heterocycles. The summed E-state index contributed by atoms with van der Waals surface area (Å²) >= 11 is 0. The highest BCUT2D eigenvalue weighted by atomic mass is 127. The van der Waals surface area contributed by atoms with Gasteiger partial charge in [-0.25, -0.2) is 9.98 Å². The van der Waals surface area contributed by atoms with Crippen LogP contribution in [0.4, 0.5) is 0 Å². The van der Waals surface area contributed by atoms with Crippen LogP contribution in [-0.2, 0) is 17.7 Å². The van der Waals surface area contributed by atoms with Crippen LogP contribution < -0.4 is 15.4 Å². The number of fused-ring (bicyclic) bond motifs is 1. The molecule has 3 N–H and O–H groups in total. The van der Waals surface area contributed by atoms with Gasteiger partial charge in [0.1, 0.15) is 18.2 Å². The number of imidazole rings is 1. The van der Waals surface area contributed by atoms with E-state index in [1.54, 1.807) is 7.11 Å². The molecule has 3 rings (SSSR count). The van der Waals surface area contributed by atoms with Gasteiger partial charge >= 0.3 is 0 Å². The van der Waals surface area contributed by atoms with Gasteiger partial charge in [-0.2, -0.15) is 0 Å². The maximum absolute atomic E-state index is 5.87. The molecular formula is C23H32IN5O2. The van der Waals surface area contributed by atoms with Crippen LogP contribution >= 0.6 is 24.0 Å². The number of hydrogen-bond acceptors (Lipinski definition) is 4. The van der Waals surface area contributed by atoms with Crippen LogP contribution in [0.25, 0.3) is 11.0 Å². The minimum Gasteiger partial charge on any atom is -0.491 e. The Morgan fingerprint density at radius 1 is 1.13 bits per heavy atom. The third-order valence-electron chi connectivity index (χ3n) is 4.61. The maximum atomic E-state index is 5.87. The van der Waals surface area contributed by atoms with Crippen molar-refractivity contribution < 1.29 is 9.47 Å². The number of rotatable bonds is 10. The second-order valence-corrected chi connectivity index (χ2v) is 7.03. The molecule has 0 aliphatic carbocycles. The van der Waals surface area contributed by atoms with Crippen molar-refractivity contribution in [2.75, 3.05) is 33.4 Å². The van der Waals surface area contributed by atoms with Gasteiger partial charge in [0, 0.05) is 32.2 Å². The molecular weight excluding hydrogens is 505 g/mol. The number of guanidine groups is 1. The number of aromatic nitrogens is 2. The van der Waals surface area contributed by atoms with Crippen molar-refractivity contribution in [3.05, 3.63) is 59.4 Å². The van der Waals surface area contributed by atoms with E-state index in [9.17, 15) is 0 Å². The first-order chi connectivity index (χ1) is 14.7. The summed E-state index contributed by atoms with van der Waals surface area (Å²) in [5, 5.41) is 6.68. The molecule has 0 bridgehead atoms. The molecule has 0 spiro atoms. The van der Waals surface area contributed by atoms with Crippen LogP contribution in [-0.4, -0.2) is 49.3 Å². The molecule has 0 atom stereocenters. The van der Waals surface area contributed by atoms with Gasteiger partial charge in [0.05, 0.1) is 24.2 Å². The predicted molar refractivity (Wildman–Crippen MR) is 137 cm³/mol. The summed E-state index contributed by atoms with van der Waals surface area (Å²) in [6.45, 7) is 7.25. The summed E-state index contributed by atoms with van der Waals surface area (Å²) in [5.41, 5.74) is 4.26. The van der Waals surface area contributed by atoms with Gasteiger partial charge in [-0.05, 0) is 37.6 Å². The van der Waals surface area contributed by atoms with Crippen LogP contribution in [0, 0.1) is 6.92 Å². The zero-order chi connectivity index (χ0) is 21.2. The van der Waals surface area contributed by atoms with E-state index in [2.05, 4.69) is 46.6 Å². The number of H-pyrrole nitrogens is 1. The second-order valence-electron chi connectivity index (χ2n) is 7.03. The lowest BCUT2D eigenvalue weighted by Gasteiger charge is -2.13. The number of halogens is 1. The first-order valence-electron chi connectivity index (χ1n) is 10.4. The quantitative estimate of drug-likeness (QED) is 0.159. The molecule has 8 heteroatoms. The van der Waals surface area contributed by atoms with Gasteiger partial charge < -0.3 is 25.1 Å². The fourth-order valence-electron chi connectivity index (χ4n) is 3.09. The molecule has 7 nitrogen and oxygen atoms in total. The number of methoxy groups -OCH3 is 1. The SMILES string of the molecule is CCNC(=NCc1ccc(C)cc1OCCOC)NCCc1nc2ccccc2[nH]1.I. The number of hydrogen-bond donors (Lipinski definition) is 3. The van der Waals surface area contributed by atoms with E-state index in [0.29, 0.717) is 19.8 Å². The molecule has 0 aliphatic rings. The molecule has 0 saturated heterocycles. The van der Waals surface area contributed by atoms with Crippen LogP contribution in [0.2, 0.25) is 0 Å². The third-order valence-corrected chi connectivity index (χ3v) is 4.61. The Kier molecular flexibility index (Phi) is 10.6. The maximum Gasteiger partial charge on any atom is 0.191 e. The summed E-state index contributed by atoms with van der Waals surface area (Å²) in [6.07, 6.45) is 0.787. The molecule has 0 aliphatic heterocycles. The standard InChI is InChI=1S/C23H31N5O2.HI/c1-4-24-23(25-12-11-22-27-19-7-5-6-8-20(19)28-22)26-16-18-10-9-17(2)15-21(18)30-14-13-29-3;/h5-10,15H,4,11-14,16H2,1-3H3,(H,27,28)(H2,24,25,26);1H. The Labute approximate surface area is 201 Å². The van der Waals surface area contributed by atoms with Crippen LogP contribution in [0.5, 0.6) is 5.75 Å².